The number of Topliss-reactive ketones (excluding diaryl/α,β-unsaturated/α-hetero) is 1. The first-order valence-electron chi connectivity index (χ1n) is 10.4. The standard InChI is InChI=1S/C23H33N3O3/c1-17-14-20(19(3)26(17)18(2)16-28-4)22(27)15-24-10-12-25(13-11-24)21-8-6-7-9-23(21)29-5/h6-9,14,18H,10-13,15-16H2,1-5H3/p+1/t18-/m1/s1. The lowest BCUT2D eigenvalue weighted by molar-refractivity contribution is -0.892. The molecule has 0 spiro atoms. The summed E-state index contributed by atoms with van der Waals surface area (Å²) in [5.74, 6) is 1.14. The molecule has 0 aliphatic carbocycles. The zero-order chi connectivity index (χ0) is 21.0. The van der Waals surface area contributed by atoms with Gasteiger partial charge < -0.3 is 23.8 Å². The SMILES string of the molecule is COC[C@@H](C)n1c(C)cc(C(=O)C[NH+]2CCN(c3ccccc3OC)CC2)c1C. The number of aromatic nitrogens is 1. The molecule has 6 heteroatoms. The fourth-order valence-electron chi connectivity index (χ4n) is 4.51. The highest BCUT2D eigenvalue weighted by atomic mass is 16.5. The highest BCUT2D eigenvalue weighted by Gasteiger charge is 2.26. The molecule has 0 saturated carbocycles. The van der Waals surface area contributed by atoms with E-state index in [1.54, 1.807) is 14.2 Å². The average molecular weight is 401 g/mol. The van der Waals surface area contributed by atoms with Gasteiger partial charge >= 0.3 is 0 Å². The Kier molecular flexibility index (Phi) is 6.98. The first-order valence-corrected chi connectivity index (χ1v) is 10.4. The van der Waals surface area contributed by atoms with E-state index in [0.717, 1.165) is 54.6 Å². The van der Waals surface area contributed by atoms with E-state index in [-0.39, 0.29) is 11.8 Å². The number of nitrogens with zero attached hydrogens (tertiary/aromatic N) is 2. The van der Waals surface area contributed by atoms with Crippen molar-refractivity contribution in [2.24, 2.45) is 0 Å². The van der Waals surface area contributed by atoms with Gasteiger partial charge in [-0.1, -0.05) is 12.1 Å². The molecule has 1 aliphatic rings. The van der Waals surface area contributed by atoms with Crippen LogP contribution in [0.1, 0.15) is 34.7 Å². The van der Waals surface area contributed by atoms with Crippen molar-refractivity contribution < 1.29 is 19.2 Å². The molecule has 1 saturated heterocycles. The molecule has 3 rings (SSSR count). The van der Waals surface area contributed by atoms with Crippen molar-refractivity contribution in [3.63, 3.8) is 0 Å². The Morgan fingerprint density at radius 3 is 2.52 bits per heavy atom. The van der Waals surface area contributed by atoms with Gasteiger partial charge in [0.15, 0.2) is 0 Å². The number of ketones is 1. The van der Waals surface area contributed by atoms with E-state index < -0.39 is 0 Å². The molecule has 2 aromatic rings. The lowest BCUT2D eigenvalue weighted by atomic mass is 10.1. The number of benzene rings is 1. The molecule has 0 bridgehead atoms. The zero-order valence-electron chi connectivity index (χ0n) is 18.3. The normalized spacial score (nSPS) is 16.1. The second-order valence-electron chi connectivity index (χ2n) is 7.97. The first kappa shape index (κ1) is 21.4. The van der Waals surface area contributed by atoms with Gasteiger partial charge in [0.05, 0.1) is 51.6 Å². The van der Waals surface area contributed by atoms with E-state index in [0.29, 0.717) is 13.2 Å². The number of para-hydroxylation sites is 2. The number of carbonyl (C=O) groups excluding carboxylic acids is 1. The monoisotopic (exact) mass is 400 g/mol. The predicted octanol–water partition coefficient (Wildman–Crippen LogP) is 1.91. The minimum absolute atomic E-state index is 0.221. The fraction of sp³-hybridized carbons (Fsp3) is 0.522. The van der Waals surface area contributed by atoms with Crippen LogP contribution in [0, 0.1) is 13.8 Å². The zero-order valence-corrected chi connectivity index (χ0v) is 18.3. The molecule has 1 fully saturated rings. The minimum Gasteiger partial charge on any atom is -0.495 e. The molecule has 1 aromatic heterocycles. The molecule has 6 nitrogen and oxygen atoms in total. The third-order valence-electron chi connectivity index (χ3n) is 5.94. The van der Waals surface area contributed by atoms with Crippen LogP contribution >= 0.6 is 0 Å². The van der Waals surface area contributed by atoms with Crippen LogP contribution in [-0.4, -0.2) is 63.9 Å². The number of methoxy groups -OCH3 is 2. The average Bonchev–Trinajstić information content (AvgIpc) is 3.03. The summed E-state index contributed by atoms with van der Waals surface area (Å²) >= 11 is 0. The molecule has 1 atom stereocenters. The van der Waals surface area contributed by atoms with Crippen molar-refractivity contribution in [3.8, 4) is 5.75 Å². The molecular weight excluding hydrogens is 366 g/mol. The van der Waals surface area contributed by atoms with E-state index in [2.05, 4.69) is 29.4 Å². The second kappa shape index (κ2) is 9.46. The fourth-order valence-corrected chi connectivity index (χ4v) is 4.51. The number of aryl methyl sites for hydroxylation is 1. The maximum atomic E-state index is 13.0. The number of anilines is 1. The van der Waals surface area contributed by atoms with Gasteiger partial charge in [0, 0.05) is 24.1 Å². The summed E-state index contributed by atoms with van der Waals surface area (Å²) < 4.78 is 13.0. The number of nitrogens with one attached hydrogen (secondary N) is 1. The summed E-state index contributed by atoms with van der Waals surface area (Å²) in [5.41, 5.74) is 4.15. The van der Waals surface area contributed by atoms with Gasteiger partial charge in [-0.05, 0) is 39.0 Å². The molecular formula is C23H34N3O3+. The molecule has 0 unspecified atom stereocenters. The minimum atomic E-state index is 0.221. The number of quaternary nitrogens is 1. The van der Waals surface area contributed by atoms with Gasteiger partial charge in [-0.15, -0.1) is 0 Å². The van der Waals surface area contributed by atoms with Gasteiger partial charge in [-0.25, -0.2) is 0 Å². The van der Waals surface area contributed by atoms with Gasteiger partial charge in [0.1, 0.15) is 12.3 Å². The van der Waals surface area contributed by atoms with Crippen LogP contribution in [0.15, 0.2) is 30.3 Å². The molecule has 29 heavy (non-hydrogen) atoms. The van der Waals surface area contributed by atoms with E-state index >= 15 is 0 Å². The first-order chi connectivity index (χ1) is 14.0. The number of rotatable bonds is 8. The highest BCUT2D eigenvalue weighted by molar-refractivity contribution is 5.98. The van der Waals surface area contributed by atoms with Crippen LogP contribution in [0.2, 0.25) is 0 Å². The number of ether oxygens (including phenoxy) is 2. The number of piperazine rings is 1. The molecule has 1 aromatic carbocycles. The molecule has 1 N–H and O–H groups in total. The predicted molar refractivity (Wildman–Crippen MR) is 116 cm³/mol. The Hall–Kier alpha value is -2.31. The van der Waals surface area contributed by atoms with Gasteiger partial charge in [-0.2, -0.15) is 0 Å². The van der Waals surface area contributed by atoms with Gasteiger partial charge in [0.25, 0.3) is 0 Å². The quantitative estimate of drug-likeness (QED) is 0.688. The van der Waals surface area contributed by atoms with Crippen molar-refractivity contribution in [1.29, 1.82) is 0 Å². The third-order valence-corrected chi connectivity index (χ3v) is 5.94. The van der Waals surface area contributed by atoms with E-state index in [1.807, 2.05) is 31.2 Å². The van der Waals surface area contributed by atoms with Crippen LogP contribution in [-0.2, 0) is 4.74 Å². The van der Waals surface area contributed by atoms with Crippen molar-refractivity contribution in [2.45, 2.75) is 26.8 Å². The number of carbonyl (C=O) groups is 1. The molecule has 0 radical (unpaired) electrons. The van der Waals surface area contributed by atoms with Gasteiger partial charge in [0.2, 0.25) is 5.78 Å². The van der Waals surface area contributed by atoms with Crippen LogP contribution in [0.3, 0.4) is 0 Å². The highest BCUT2D eigenvalue weighted by Crippen LogP contribution is 2.27. The Bertz CT molecular complexity index is 838. The van der Waals surface area contributed by atoms with Crippen molar-refractivity contribution in [1.82, 2.24) is 4.57 Å². The largest absolute Gasteiger partial charge is 0.495 e. The van der Waals surface area contributed by atoms with E-state index in [9.17, 15) is 4.79 Å². The lowest BCUT2D eigenvalue weighted by Crippen LogP contribution is -3.15. The molecule has 158 valence electrons. The van der Waals surface area contributed by atoms with Crippen LogP contribution in [0.25, 0.3) is 0 Å². The Labute approximate surface area is 174 Å². The van der Waals surface area contributed by atoms with E-state index in [4.69, 9.17) is 9.47 Å². The summed E-state index contributed by atoms with van der Waals surface area (Å²) in [4.78, 5) is 16.7. The van der Waals surface area contributed by atoms with Crippen molar-refractivity contribution in [2.75, 3.05) is 58.5 Å². The van der Waals surface area contributed by atoms with Crippen LogP contribution < -0.4 is 14.5 Å². The van der Waals surface area contributed by atoms with E-state index in [1.165, 1.54) is 4.90 Å². The Morgan fingerprint density at radius 1 is 1.17 bits per heavy atom. The number of hydrogen-bond acceptors (Lipinski definition) is 4. The van der Waals surface area contributed by atoms with Crippen LogP contribution in [0.4, 0.5) is 5.69 Å². The van der Waals surface area contributed by atoms with Crippen LogP contribution in [0.5, 0.6) is 5.75 Å². The summed E-state index contributed by atoms with van der Waals surface area (Å²) in [6, 6.07) is 10.4. The summed E-state index contributed by atoms with van der Waals surface area (Å²) in [6.45, 7) is 11.2. The summed E-state index contributed by atoms with van der Waals surface area (Å²) in [6.07, 6.45) is 0. The van der Waals surface area contributed by atoms with Crippen molar-refractivity contribution in [3.05, 3.63) is 47.3 Å². The summed E-state index contributed by atoms with van der Waals surface area (Å²) in [5, 5.41) is 0. The molecule has 0 amide bonds. The third kappa shape index (κ3) is 4.65. The van der Waals surface area contributed by atoms with Gasteiger partial charge in [-0.3, -0.25) is 4.79 Å². The molecule has 2 heterocycles. The smallest absolute Gasteiger partial charge is 0.218 e. The topological polar surface area (TPSA) is 48.1 Å². The summed E-state index contributed by atoms with van der Waals surface area (Å²) in [7, 11) is 3.42. The number of hydrogen-bond donors (Lipinski definition) is 1. The maximum Gasteiger partial charge on any atom is 0.218 e. The molecule has 1 aliphatic heterocycles. The maximum absolute atomic E-state index is 13.0. The Balaban J connectivity index is 1.62. The second-order valence-corrected chi connectivity index (χ2v) is 7.97. The lowest BCUT2D eigenvalue weighted by Gasteiger charge is -2.34. The van der Waals surface area contributed by atoms with Crippen molar-refractivity contribution >= 4 is 11.5 Å². The Morgan fingerprint density at radius 2 is 1.86 bits per heavy atom.